The van der Waals surface area contributed by atoms with E-state index in [-0.39, 0.29) is 0 Å². The van der Waals surface area contributed by atoms with E-state index in [0.717, 1.165) is 0 Å². The van der Waals surface area contributed by atoms with E-state index in [1.165, 1.54) is 0 Å². The largest absolute Gasteiger partial charge is 0.448 e. The Hall–Kier alpha value is -1.65. The molecule has 0 spiro atoms. The Morgan fingerprint density at radius 3 is 1.22 bits per heavy atom. The van der Waals surface area contributed by atoms with Crippen LogP contribution in [-0.2, 0) is 0 Å². The van der Waals surface area contributed by atoms with Gasteiger partial charge in [-0.2, -0.15) is 70.2 Å². The van der Waals surface area contributed by atoms with Gasteiger partial charge >= 0.3 is 42.0 Å². The standard InChI is InChI=1S/C9F17N/c10-2(11)1(3(12,13)14)27-7(21,8(22,23)24)5(17,18)4(15,16)6(19,20)9(27,25)26. The molecule has 0 aromatic heterocycles. The predicted molar refractivity (Wildman–Crippen MR) is 46.8 cm³/mol. The second kappa shape index (κ2) is 5.45. The van der Waals surface area contributed by atoms with Crippen LogP contribution in [0.25, 0.3) is 0 Å². The molecule has 1 saturated heterocycles. The first-order valence-corrected chi connectivity index (χ1v) is 5.63. The summed E-state index contributed by atoms with van der Waals surface area (Å²) in [6.45, 7) is 0. The molecule has 1 aliphatic rings. The van der Waals surface area contributed by atoms with Crippen molar-refractivity contribution in [2.24, 2.45) is 0 Å². The molecule has 0 aromatic carbocycles. The van der Waals surface area contributed by atoms with E-state index < -0.39 is 58.6 Å². The molecule has 0 aromatic rings. The fraction of sp³-hybridized carbons (Fsp3) is 0.778. The highest BCUT2D eigenvalue weighted by molar-refractivity contribution is 5.27. The lowest BCUT2D eigenvalue weighted by Gasteiger charge is -2.55. The molecule has 0 N–H and O–H groups in total. The van der Waals surface area contributed by atoms with Crippen LogP contribution in [0.4, 0.5) is 74.6 Å². The summed E-state index contributed by atoms with van der Waals surface area (Å²) < 4.78 is 219. The van der Waals surface area contributed by atoms with E-state index in [1.54, 1.807) is 0 Å². The molecule has 0 saturated carbocycles. The molecule has 0 radical (unpaired) electrons. The minimum atomic E-state index is -8.09. The van der Waals surface area contributed by atoms with Crippen molar-refractivity contribution in [2.45, 2.75) is 42.0 Å². The van der Waals surface area contributed by atoms with Crippen LogP contribution in [0.15, 0.2) is 11.8 Å². The normalized spacial score (nSPS) is 29.4. The topological polar surface area (TPSA) is 3.24 Å². The second-order valence-electron chi connectivity index (χ2n) is 4.83. The molecule has 18 heteroatoms. The highest BCUT2D eigenvalue weighted by Crippen LogP contribution is 2.69. The molecule has 1 aliphatic heterocycles. The summed E-state index contributed by atoms with van der Waals surface area (Å²) in [4.78, 5) is -4.10. The zero-order valence-corrected chi connectivity index (χ0v) is 11.4. The molecule has 0 amide bonds. The van der Waals surface area contributed by atoms with Crippen molar-refractivity contribution in [1.29, 1.82) is 0 Å². The van der Waals surface area contributed by atoms with Gasteiger partial charge in [0, 0.05) is 0 Å². The van der Waals surface area contributed by atoms with Crippen molar-refractivity contribution in [2.75, 3.05) is 0 Å². The van der Waals surface area contributed by atoms with Gasteiger partial charge in [-0.3, -0.25) is 4.90 Å². The van der Waals surface area contributed by atoms with Crippen LogP contribution >= 0.6 is 0 Å². The number of halogens is 17. The van der Waals surface area contributed by atoms with Gasteiger partial charge in [0.1, 0.15) is 0 Å². The molecule has 1 unspecified atom stereocenters. The van der Waals surface area contributed by atoms with Gasteiger partial charge in [-0.15, -0.1) is 0 Å². The number of alkyl halides is 15. The van der Waals surface area contributed by atoms with Crippen LogP contribution in [0.5, 0.6) is 0 Å². The van der Waals surface area contributed by atoms with E-state index in [4.69, 9.17) is 0 Å². The van der Waals surface area contributed by atoms with Crippen LogP contribution in [0, 0.1) is 0 Å². The van der Waals surface area contributed by atoms with E-state index >= 15 is 0 Å². The third kappa shape index (κ3) is 2.53. The van der Waals surface area contributed by atoms with Gasteiger partial charge in [0.05, 0.1) is 0 Å². The number of hydrogen-bond acceptors (Lipinski definition) is 1. The smallest absolute Gasteiger partial charge is 0.252 e. The molecule has 27 heavy (non-hydrogen) atoms. The molecule has 1 rings (SSSR count). The molecule has 160 valence electrons. The minimum Gasteiger partial charge on any atom is -0.252 e. The molecular formula is C9F17N. The molecule has 0 aliphatic carbocycles. The van der Waals surface area contributed by atoms with Crippen LogP contribution in [0.3, 0.4) is 0 Å². The van der Waals surface area contributed by atoms with Crippen molar-refractivity contribution in [1.82, 2.24) is 4.90 Å². The zero-order valence-electron chi connectivity index (χ0n) is 11.4. The fourth-order valence-electron chi connectivity index (χ4n) is 1.99. The Morgan fingerprint density at radius 2 is 0.963 bits per heavy atom. The van der Waals surface area contributed by atoms with Crippen molar-refractivity contribution in [3.8, 4) is 0 Å². The van der Waals surface area contributed by atoms with E-state index in [9.17, 15) is 74.6 Å². The number of allylic oxidation sites excluding steroid dienone is 1. The first kappa shape index (κ1) is 23.4. The van der Waals surface area contributed by atoms with Crippen molar-refractivity contribution < 1.29 is 74.6 Å². The van der Waals surface area contributed by atoms with Crippen LogP contribution in [0.2, 0.25) is 0 Å². The van der Waals surface area contributed by atoms with Gasteiger partial charge in [-0.25, -0.2) is 4.39 Å². The van der Waals surface area contributed by atoms with Crippen molar-refractivity contribution in [3.05, 3.63) is 11.8 Å². The molecule has 1 nitrogen and oxygen atoms in total. The summed E-state index contributed by atoms with van der Waals surface area (Å²) in [5.74, 6) is -31.9. The Labute approximate surface area is 135 Å². The lowest BCUT2D eigenvalue weighted by molar-refractivity contribution is -0.513. The van der Waals surface area contributed by atoms with Crippen LogP contribution in [-0.4, -0.2) is 46.9 Å². The molecular weight excluding hydrogens is 445 g/mol. The number of likely N-dealkylation sites (tertiary alicyclic amines) is 1. The Kier molecular flexibility index (Phi) is 4.72. The average Bonchev–Trinajstić information content (AvgIpc) is 2.38. The Bertz CT molecular complexity index is 634. The lowest BCUT2D eigenvalue weighted by atomic mass is 9.85. The summed E-state index contributed by atoms with van der Waals surface area (Å²) in [6.07, 6.45) is -20.0. The van der Waals surface area contributed by atoms with E-state index in [2.05, 4.69) is 0 Å². The maximum Gasteiger partial charge on any atom is 0.448 e. The van der Waals surface area contributed by atoms with Gasteiger partial charge < -0.3 is 0 Å². The summed E-state index contributed by atoms with van der Waals surface area (Å²) in [6, 6.07) is -7.85. The molecule has 1 heterocycles. The van der Waals surface area contributed by atoms with E-state index in [0.29, 0.717) is 0 Å². The SMILES string of the molecule is FC(F)=C(N1C(F)(F)C(F)(F)C(F)(F)C(F)(F)C1(F)C(F)(F)F)C(F)(F)F. The number of rotatable bonds is 1. The third-order valence-electron chi connectivity index (χ3n) is 3.22. The first-order valence-electron chi connectivity index (χ1n) is 5.63. The molecule has 0 bridgehead atoms. The van der Waals surface area contributed by atoms with Crippen molar-refractivity contribution in [3.63, 3.8) is 0 Å². The maximum absolute atomic E-state index is 13.9. The van der Waals surface area contributed by atoms with Crippen molar-refractivity contribution >= 4 is 0 Å². The quantitative estimate of drug-likeness (QED) is 0.370. The maximum atomic E-state index is 13.9. The summed E-state index contributed by atoms with van der Waals surface area (Å²) in [5.41, 5.74) is -4.96. The second-order valence-corrected chi connectivity index (χ2v) is 4.83. The Morgan fingerprint density at radius 1 is 0.593 bits per heavy atom. The highest BCUT2D eigenvalue weighted by Gasteiger charge is 2.99. The number of piperidine rings is 1. The third-order valence-corrected chi connectivity index (χ3v) is 3.22. The monoisotopic (exact) mass is 445 g/mol. The number of hydrogen-bond donors (Lipinski definition) is 0. The average molecular weight is 445 g/mol. The lowest BCUT2D eigenvalue weighted by Crippen LogP contribution is -2.86. The van der Waals surface area contributed by atoms with Crippen LogP contribution < -0.4 is 0 Å². The molecule has 1 fully saturated rings. The highest BCUT2D eigenvalue weighted by atomic mass is 19.4. The summed E-state index contributed by atoms with van der Waals surface area (Å²) >= 11 is 0. The van der Waals surface area contributed by atoms with Gasteiger partial charge in [-0.1, -0.05) is 0 Å². The Balaban J connectivity index is 4.22. The fourth-order valence-corrected chi connectivity index (χ4v) is 1.99. The summed E-state index contributed by atoms with van der Waals surface area (Å²) in [7, 11) is 0. The van der Waals surface area contributed by atoms with Gasteiger partial charge in [0.15, 0.2) is 5.70 Å². The first-order chi connectivity index (χ1) is 11.4. The van der Waals surface area contributed by atoms with Crippen LogP contribution in [0.1, 0.15) is 0 Å². The molecule has 1 atom stereocenters. The van der Waals surface area contributed by atoms with Gasteiger partial charge in [-0.05, 0) is 0 Å². The zero-order chi connectivity index (χ0) is 22.2. The predicted octanol–water partition coefficient (Wildman–Crippen LogP) is 5.70. The van der Waals surface area contributed by atoms with Gasteiger partial charge in [0.25, 0.3) is 6.08 Å². The van der Waals surface area contributed by atoms with Gasteiger partial charge in [0.2, 0.25) is 0 Å². The summed E-state index contributed by atoms with van der Waals surface area (Å²) in [5, 5.41) is 0. The minimum absolute atomic E-state index is 4.10. The number of nitrogens with zero attached hydrogens (tertiary/aromatic N) is 1. The van der Waals surface area contributed by atoms with E-state index in [1.807, 2.05) is 0 Å².